The van der Waals surface area contributed by atoms with Crippen LogP contribution < -0.4 is 14.8 Å². The zero-order valence-corrected chi connectivity index (χ0v) is 67.4. The second-order valence-corrected chi connectivity index (χ2v) is 34.2. The highest BCUT2D eigenvalue weighted by molar-refractivity contribution is 7.85. The number of fused-ring (bicyclic) bond motifs is 6. The van der Waals surface area contributed by atoms with E-state index in [1.54, 1.807) is 77.0 Å². The first-order valence-electron chi connectivity index (χ1n) is 38.4. The summed E-state index contributed by atoms with van der Waals surface area (Å²) in [6, 6.07) is 26.3. The van der Waals surface area contributed by atoms with Gasteiger partial charge in [0.2, 0.25) is 6.10 Å². The van der Waals surface area contributed by atoms with Crippen LogP contribution >= 0.6 is 0 Å². The Balaban J connectivity index is 0.00000284. The highest BCUT2D eigenvalue weighted by Gasteiger charge is 2.78. The molecule has 23 heteroatoms. The third kappa shape index (κ3) is 20.8. The number of likely N-dealkylation sites (N-methyl/N-ethyl adjacent to an activating group) is 1. The van der Waals surface area contributed by atoms with Crippen molar-refractivity contribution in [3.63, 3.8) is 0 Å². The Hall–Kier alpha value is -7.38. The van der Waals surface area contributed by atoms with E-state index in [4.69, 9.17) is 47.2 Å². The minimum Gasteiger partial charge on any atom is -0.487 e. The molecule has 2 saturated carbocycles. The zero-order valence-electron chi connectivity index (χ0n) is 66.5. The maximum atomic E-state index is 16.6. The summed E-state index contributed by atoms with van der Waals surface area (Å²) >= 11 is 0. The average molecular weight is 1520 g/mol. The predicted octanol–water partition coefficient (Wildman–Crippen LogP) is 13.5. The lowest BCUT2D eigenvalue weighted by molar-refractivity contribution is -0.352. The van der Waals surface area contributed by atoms with Crippen molar-refractivity contribution in [3.8, 4) is 11.5 Å². The van der Waals surface area contributed by atoms with Gasteiger partial charge in [0, 0.05) is 50.1 Å². The largest absolute Gasteiger partial charge is 0.487 e. The number of ether oxygens (including phenoxy) is 9. The van der Waals surface area contributed by atoms with E-state index in [-0.39, 0.29) is 43.9 Å². The van der Waals surface area contributed by atoms with E-state index >= 15 is 9.59 Å². The van der Waals surface area contributed by atoms with E-state index in [0.29, 0.717) is 34.6 Å². The van der Waals surface area contributed by atoms with Gasteiger partial charge in [0.1, 0.15) is 41.0 Å². The first kappa shape index (κ1) is 86.2. The maximum Gasteiger partial charge on any atom is 0.350 e. The SMILES string of the molecule is CC(=O)O[C@H]1C(=O)[C@]2(C)[C@@H](OC(=O)CN(C)C)C[C@H]3OC[C@@]3(OC(C)=O)[C@H]2[C@H](OCc2ccccc2)[C@]2(O)C[C@H](OC(=O)[C@H](OC(=O)CCC(=O)Oc3c(C)c(C)c4c(c3C)OC(C)(CCC[C@@H](C)CCC[C@@H](C)CCCC(C)C)CC4)[C@@H](NCc3ccccc3)c3ccccc3)C(C)=C1C2(C)C.CS(=O)(=O)O. The van der Waals surface area contributed by atoms with Crippen molar-refractivity contribution in [2.75, 3.05) is 33.5 Å². The highest BCUT2D eigenvalue weighted by Crippen LogP contribution is 2.65. The van der Waals surface area contributed by atoms with Crippen molar-refractivity contribution >= 4 is 51.7 Å². The molecule has 14 atom stereocenters. The number of ketones is 1. The first-order chi connectivity index (χ1) is 50.7. The maximum absolute atomic E-state index is 16.6. The van der Waals surface area contributed by atoms with Crippen molar-refractivity contribution in [1.82, 2.24) is 10.2 Å². The van der Waals surface area contributed by atoms with Gasteiger partial charge in [0.15, 0.2) is 17.5 Å². The van der Waals surface area contributed by atoms with Gasteiger partial charge >= 0.3 is 35.8 Å². The molecule has 4 aromatic carbocycles. The van der Waals surface area contributed by atoms with E-state index < -0.39 is 147 Å². The number of Topliss-reactive ketones (excluding diaryl/α,β-unsaturated/α-hetero) is 1. The van der Waals surface area contributed by atoms with Gasteiger partial charge in [0.25, 0.3) is 10.1 Å². The lowest BCUT2D eigenvalue weighted by Gasteiger charge is -2.68. The quantitative estimate of drug-likeness (QED) is 0.0135. The van der Waals surface area contributed by atoms with E-state index in [9.17, 15) is 37.5 Å². The number of nitrogens with zero attached hydrogens (tertiary/aromatic N) is 1. The van der Waals surface area contributed by atoms with Crippen LogP contribution in [0.25, 0.3) is 0 Å². The lowest BCUT2D eigenvalue weighted by atomic mass is 9.44. The molecule has 0 spiro atoms. The second-order valence-electron chi connectivity index (χ2n) is 32.7. The van der Waals surface area contributed by atoms with Gasteiger partial charge in [-0.3, -0.25) is 38.2 Å². The number of carbonyl (C=O) groups is 7. The van der Waals surface area contributed by atoms with Crippen LogP contribution in [0.4, 0.5) is 0 Å². The molecule has 3 aliphatic carbocycles. The van der Waals surface area contributed by atoms with E-state index in [2.05, 4.69) is 39.9 Å². The van der Waals surface area contributed by atoms with Crippen molar-refractivity contribution < 1.29 is 94.3 Å². The second kappa shape index (κ2) is 36.6. The van der Waals surface area contributed by atoms with Crippen molar-refractivity contribution in [2.45, 2.75) is 266 Å². The number of aliphatic hydroxyl groups is 1. The van der Waals surface area contributed by atoms with Gasteiger partial charge in [-0.1, -0.05) is 177 Å². The Kier molecular flexibility index (Phi) is 29.2. The number of esters is 6. The predicted molar refractivity (Wildman–Crippen MR) is 408 cm³/mol. The molecule has 4 aromatic rings. The van der Waals surface area contributed by atoms with Crippen LogP contribution in [0.5, 0.6) is 11.5 Å². The fourth-order valence-electron chi connectivity index (χ4n) is 17.0. The fraction of sp³-hybridized carbons (Fsp3) is 0.612. The molecule has 0 aromatic heterocycles. The summed E-state index contributed by atoms with van der Waals surface area (Å²) in [5.41, 5.74) is -2.13. The molecule has 0 radical (unpaired) electrons. The Morgan fingerprint density at radius 1 is 0.722 bits per heavy atom. The summed E-state index contributed by atoms with van der Waals surface area (Å²) in [7, 11) is -0.293. The van der Waals surface area contributed by atoms with Crippen LogP contribution in [0.15, 0.2) is 102 Å². The molecule has 9 rings (SSSR count). The van der Waals surface area contributed by atoms with E-state index in [1.807, 2.05) is 81.4 Å². The molecule has 3 N–H and O–H groups in total. The van der Waals surface area contributed by atoms with Crippen LogP contribution in [-0.2, 0) is 96.4 Å². The molecule has 1 saturated heterocycles. The lowest BCUT2D eigenvalue weighted by Crippen LogP contribution is -2.82. The van der Waals surface area contributed by atoms with Crippen LogP contribution in [0.2, 0.25) is 0 Å². The summed E-state index contributed by atoms with van der Waals surface area (Å²) in [6.07, 6.45) is 2.56. The van der Waals surface area contributed by atoms with Crippen molar-refractivity contribution in [2.24, 2.45) is 34.5 Å². The van der Waals surface area contributed by atoms with Gasteiger partial charge in [-0.25, -0.2) is 4.79 Å². The van der Waals surface area contributed by atoms with Gasteiger partial charge in [-0.05, 0) is 144 Å². The normalized spacial score (nSPS) is 26.0. The number of rotatable bonds is 32. The molecule has 2 aliphatic heterocycles. The molecule has 5 aliphatic rings. The molecule has 0 amide bonds. The topological polar surface area (TPSA) is 292 Å². The molecule has 22 nitrogen and oxygen atoms in total. The molecular formula is C85H118N2O20S. The summed E-state index contributed by atoms with van der Waals surface area (Å²) in [6.45, 7) is 25.9. The first-order valence-corrected chi connectivity index (χ1v) is 40.2. The van der Waals surface area contributed by atoms with Crippen molar-refractivity contribution in [3.05, 3.63) is 141 Å². The van der Waals surface area contributed by atoms with Gasteiger partial charge in [-0.15, -0.1) is 0 Å². The molecular weight excluding hydrogens is 1400 g/mol. The van der Waals surface area contributed by atoms with Gasteiger partial charge < -0.3 is 53.1 Å². The standard InChI is InChI=1S/C84H114N2O17.CH4O3S/c1-51(2)29-26-30-52(3)31-27-32-53(4)33-28-43-81(13)44-42-63-54(5)55(6)72(57(8)73(63)103-81)100-67(89)40-41-68(90)101-75(71(62-38-24-19-25-39-62)85-47-60-34-20-17-21-35-60)79(93)98-64-46-84(94)78(95-49-61-36-22-18-23-37-61)76-82(14,77(92)74(97-58(9)87)70(56(64)7)80(84,11)12)65(99-69(91)48-86(15)16)45-66-83(76,50-96-66)102-59(10)88;1-5(2,3)4/h17-25,34-39,51-53,64-66,71,74-76,78,85,94H,26-33,40-50H2,1-16H3;1H3,(H,2,3,4)/t52-,53-,64-,65-,66+,71-,74+,75+,76-,78-,81?,82+,83-,84+;/m0./s1. The smallest absolute Gasteiger partial charge is 0.350 e. The summed E-state index contributed by atoms with van der Waals surface area (Å²) in [5, 5.41) is 18.0. The summed E-state index contributed by atoms with van der Waals surface area (Å²) in [4.78, 5) is 104. The minimum atomic E-state index is -3.67. The number of benzene rings is 4. The Bertz CT molecular complexity index is 3950. The number of nitrogens with one attached hydrogen (secondary N) is 1. The average Bonchev–Trinajstić information content (AvgIpc) is 0.667. The van der Waals surface area contributed by atoms with Crippen LogP contribution in [0, 0.1) is 55.3 Å². The minimum absolute atomic E-state index is 0.0759. The molecule has 3 fully saturated rings. The Labute approximate surface area is 639 Å². The van der Waals surface area contributed by atoms with Crippen LogP contribution in [0.3, 0.4) is 0 Å². The van der Waals surface area contributed by atoms with Crippen molar-refractivity contribution in [1.29, 1.82) is 0 Å². The number of hydrogen-bond donors (Lipinski definition) is 3. The molecule has 1 unspecified atom stereocenters. The van der Waals surface area contributed by atoms with Gasteiger partial charge in [-0.2, -0.15) is 8.42 Å². The van der Waals surface area contributed by atoms with Crippen LogP contribution in [0.1, 0.15) is 211 Å². The Morgan fingerprint density at radius 2 is 1.30 bits per heavy atom. The molecule has 2 heterocycles. The van der Waals surface area contributed by atoms with E-state index in [0.717, 1.165) is 78.9 Å². The van der Waals surface area contributed by atoms with Gasteiger partial charge in [0.05, 0.1) is 56.4 Å². The highest BCUT2D eigenvalue weighted by atomic mass is 32.2. The van der Waals surface area contributed by atoms with Crippen LogP contribution in [-0.4, -0.2) is 152 Å². The number of carbonyl (C=O) groups excluding carboxylic acids is 7. The summed E-state index contributed by atoms with van der Waals surface area (Å²) in [5.74, 6) is -3.97. The molecule has 2 bridgehead atoms. The zero-order chi connectivity index (χ0) is 79.4. The molecule has 108 heavy (non-hydrogen) atoms. The monoisotopic (exact) mass is 1520 g/mol. The van der Waals surface area contributed by atoms with E-state index in [1.165, 1.54) is 45.4 Å². The fourth-order valence-corrected chi connectivity index (χ4v) is 17.0. The number of hydrogen-bond acceptors (Lipinski definition) is 21. The third-order valence-electron chi connectivity index (χ3n) is 23.1. The summed E-state index contributed by atoms with van der Waals surface area (Å²) < 4.78 is 84.5. The molecule has 594 valence electrons. The third-order valence-corrected chi connectivity index (χ3v) is 23.1. The Morgan fingerprint density at radius 3 is 1.86 bits per heavy atom.